The molecular formula is C17H21F3N2O2. The van der Waals surface area contributed by atoms with Crippen LogP contribution in [0.5, 0.6) is 0 Å². The van der Waals surface area contributed by atoms with Gasteiger partial charge in [-0.2, -0.15) is 13.2 Å². The Morgan fingerprint density at radius 3 is 2.46 bits per heavy atom. The molecule has 0 heterocycles. The van der Waals surface area contributed by atoms with Crippen LogP contribution in [0.15, 0.2) is 24.3 Å². The molecular weight excluding hydrogens is 321 g/mol. The van der Waals surface area contributed by atoms with Gasteiger partial charge in [0.05, 0.1) is 5.56 Å². The quantitative estimate of drug-likeness (QED) is 0.904. The van der Waals surface area contributed by atoms with Crippen molar-refractivity contribution >= 4 is 17.5 Å². The molecule has 1 aromatic rings. The number of rotatable bonds is 4. The lowest BCUT2D eigenvalue weighted by atomic mass is 9.94. The van der Waals surface area contributed by atoms with Gasteiger partial charge in [-0.1, -0.05) is 25.3 Å². The Balaban J connectivity index is 2.02. The first-order chi connectivity index (χ1) is 11.3. The summed E-state index contributed by atoms with van der Waals surface area (Å²) in [4.78, 5) is 25.5. The summed E-state index contributed by atoms with van der Waals surface area (Å²) < 4.78 is 38.1. The predicted molar refractivity (Wildman–Crippen MR) is 84.3 cm³/mol. The van der Waals surface area contributed by atoms with E-state index in [0.717, 1.165) is 44.2 Å². The number of anilines is 1. The van der Waals surface area contributed by atoms with Crippen molar-refractivity contribution in [2.75, 3.05) is 11.9 Å². The number of benzene rings is 1. The summed E-state index contributed by atoms with van der Waals surface area (Å²) in [7, 11) is 0. The normalized spacial score (nSPS) is 15.8. The van der Waals surface area contributed by atoms with Gasteiger partial charge in [-0.05, 0) is 31.0 Å². The molecule has 1 N–H and O–H groups in total. The van der Waals surface area contributed by atoms with Crippen LogP contribution in [0.4, 0.5) is 18.9 Å². The SMILES string of the molecule is CC(=O)N(CC(=O)Nc1cccc(C(F)(F)F)c1)C1CCCCC1. The molecule has 1 aliphatic carbocycles. The molecule has 1 saturated carbocycles. The third kappa shape index (κ3) is 4.97. The van der Waals surface area contributed by atoms with Gasteiger partial charge in [0.15, 0.2) is 0 Å². The van der Waals surface area contributed by atoms with Crippen molar-refractivity contribution in [1.82, 2.24) is 4.90 Å². The summed E-state index contributed by atoms with van der Waals surface area (Å²) in [5.74, 6) is -0.684. The topological polar surface area (TPSA) is 49.4 Å². The van der Waals surface area contributed by atoms with Crippen molar-refractivity contribution in [2.45, 2.75) is 51.2 Å². The molecule has 0 aliphatic heterocycles. The molecule has 0 unspecified atom stereocenters. The molecule has 0 aromatic heterocycles. The fourth-order valence-electron chi connectivity index (χ4n) is 3.02. The fourth-order valence-corrected chi connectivity index (χ4v) is 3.02. The van der Waals surface area contributed by atoms with Crippen molar-refractivity contribution in [1.29, 1.82) is 0 Å². The van der Waals surface area contributed by atoms with E-state index in [1.807, 2.05) is 0 Å². The lowest BCUT2D eigenvalue weighted by Crippen LogP contribution is -2.44. The minimum absolute atomic E-state index is 0.0310. The molecule has 1 fully saturated rings. The Morgan fingerprint density at radius 2 is 1.88 bits per heavy atom. The first kappa shape index (κ1) is 18.3. The third-order valence-corrected chi connectivity index (χ3v) is 4.21. The van der Waals surface area contributed by atoms with Crippen LogP contribution < -0.4 is 5.32 Å². The van der Waals surface area contributed by atoms with Crippen molar-refractivity contribution < 1.29 is 22.8 Å². The summed E-state index contributed by atoms with van der Waals surface area (Å²) in [6.45, 7) is 1.27. The smallest absolute Gasteiger partial charge is 0.331 e. The molecule has 0 radical (unpaired) electrons. The Kier molecular flexibility index (Phi) is 5.85. The van der Waals surface area contributed by atoms with Crippen LogP contribution in [0.1, 0.15) is 44.6 Å². The molecule has 0 saturated heterocycles. The molecule has 0 atom stereocenters. The van der Waals surface area contributed by atoms with E-state index in [-0.39, 0.29) is 24.2 Å². The maximum Gasteiger partial charge on any atom is 0.416 e. The molecule has 4 nitrogen and oxygen atoms in total. The standard InChI is InChI=1S/C17H21F3N2O2/c1-12(23)22(15-8-3-2-4-9-15)11-16(24)21-14-7-5-6-13(10-14)17(18,19)20/h5-7,10,15H,2-4,8-9,11H2,1H3,(H,21,24). The second kappa shape index (κ2) is 7.68. The van der Waals surface area contributed by atoms with Gasteiger partial charge in [-0.15, -0.1) is 0 Å². The van der Waals surface area contributed by atoms with E-state index in [1.165, 1.54) is 24.0 Å². The zero-order chi connectivity index (χ0) is 17.7. The van der Waals surface area contributed by atoms with E-state index in [9.17, 15) is 22.8 Å². The molecule has 1 aliphatic rings. The zero-order valence-corrected chi connectivity index (χ0v) is 13.5. The van der Waals surface area contributed by atoms with Crippen molar-refractivity contribution in [2.24, 2.45) is 0 Å². The first-order valence-electron chi connectivity index (χ1n) is 8.01. The second-order valence-corrected chi connectivity index (χ2v) is 6.07. The largest absolute Gasteiger partial charge is 0.416 e. The first-order valence-corrected chi connectivity index (χ1v) is 8.01. The Labute approximate surface area is 139 Å². The van der Waals surface area contributed by atoms with Gasteiger partial charge in [0.25, 0.3) is 0 Å². The van der Waals surface area contributed by atoms with Gasteiger partial charge < -0.3 is 10.2 Å². The maximum atomic E-state index is 12.7. The molecule has 0 spiro atoms. The van der Waals surface area contributed by atoms with E-state index in [2.05, 4.69) is 5.32 Å². The van der Waals surface area contributed by atoms with E-state index >= 15 is 0 Å². The number of halogens is 3. The van der Waals surface area contributed by atoms with Crippen molar-refractivity contribution in [3.8, 4) is 0 Å². The highest BCUT2D eigenvalue weighted by molar-refractivity contribution is 5.94. The number of carbonyl (C=O) groups excluding carboxylic acids is 2. The van der Waals surface area contributed by atoms with Crippen LogP contribution in [0.2, 0.25) is 0 Å². The number of nitrogens with zero attached hydrogens (tertiary/aromatic N) is 1. The van der Waals surface area contributed by atoms with Gasteiger partial charge >= 0.3 is 6.18 Å². The van der Waals surface area contributed by atoms with Crippen LogP contribution in [0.3, 0.4) is 0 Å². The monoisotopic (exact) mass is 342 g/mol. The highest BCUT2D eigenvalue weighted by Crippen LogP contribution is 2.30. The lowest BCUT2D eigenvalue weighted by Gasteiger charge is -2.33. The van der Waals surface area contributed by atoms with E-state index in [1.54, 1.807) is 0 Å². The minimum Gasteiger partial charge on any atom is -0.331 e. The van der Waals surface area contributed by atoms with Gasteiger partial charge in [0.1, 0.15) is 6.54 Å². The minimum atomic E-state index is -4.46. The highest BCUT2D eigenvalue weighted by Gasteiger charge is 2.30. The molecule has 2 amide bonds. The van der Waals surface area contributed by atoms with Crippen LogP contribution in [0, 0.1) is 0 Å². The summed E-state index contributed by atoms with van der Waals surface area (Å²) in [5.41, 5.74) is -0.752. The molecule has 0 bridgehead atoms. The van der Waals surface area contributed by atoms with E-state index < -0.39 is 17.6 Å². The molecule has 24 heavy (non-hydrogen) atoms. The maximum absolute atomic E-state index is 12.7. The van der Waals surface area contributed by atoms with Crippen LogP contribution in [-0.4, -0.2) is 29.3 Å². The summed E-state index contributed by atoms with van der Waals surface area (Å²) >= 11 is 0. The Bertz CT molecular complexity index is 596. The zero-order valence-electron chi connectivity index (χ0n) is 13.5. The summed E-state index contributed by atoms with van der Waals surface area (Å²) in [6, 6.07) is 4.49. The third-order valence-electron chi connectivity index (χ3n) is 4.21. The number of amides is 2. The summed E-state index contributed by atoms with van der Waals surface area (Å²) in [6.07, 6.45) is 0.410. The number of hydrogen-bond donors (Lipinski definition) is 1. The number of carbonyl (C=O) groups is 2. The highest BCUT2D eigenvalue weighted by atomic mass is 19.4. The van der Waals surface area contributed by atoms with Crippen LogP contribution in [-0.2, 0) is 15.8 Å². The number of nitrogens with one attached hydrogen (secondary N) is 1. The van der Waals surface area contributed by atoms with E-state index in [4.69, 9.17) is 0 Å². The van der Waals surface area contributed by atoms with Gasteiger partial charge in [0.2, 0.25) is 11.8 Å². The van der Waals surface area contributed by atoms with Crippen LogP contribution >= 0.6 is 0 Å². The van der Waals surface area contributed by atoms with Gasteiger partial charge in [-0.3, -0.25) is 9.59 Å². The van der Waals surface area contributed by atoms with Gasteiger partial charge in [0, 0.05) is 18.7 Å². The molecule has 1 aromatic carbocycles. The molecule has 2 rings (SSSR count). The molecule has 132 valence electrons. The Morgan fingerprint density at radius 1 is 1.21 bits per heavy atom. The summed E-state index contributed by atoms with van der Waals surface area (Å²) in [5, 5.41) is 2.45. The number of hydrogen-bond acceptors (Lipinski definition) is 2. The van der Waals surface area contributed by atoms with Gasteiger partial charge in [-0.25, -0.2) is 0 Å². The average molecular weight is 342 g/mol. The number of alkyl halides is 3. The van der Waals surface area contributed by atoms with Crippen molar-refractivity contribution in [3.05, 3.63) is 29.8 Å². The predicted octanol–water partition coefficient (Wildman–Crippen LogP) is 3.83. The average Bonchev–Trinajstić information content (AvgIpc) is 2.52. The van der Waals surface area contributed by atoms with Crippen molar-refractivity contribution in [3.63, 3.8) is 0 Å². The fraction of sp³-hybridized carbons (Fsp3) is 0.529. The lowest BCUT2D eigenvalue weighted by molar-refractivity contribution is -0.137. The second-order valence-electron chi connectivity index (χ2n) is 6.07. The Hall–Kier alpha value is -2.05. The van der Waals surface area contributed by atoms with E-state index in [0.29, 0.717) is 0 Å². The van der Waals surface area contributed by atoms with Crippen LogP contribution in [0.25, 0.3) is 0 Å². The molecule has 7 heteroatoms.